The van der Waals surface area contributed by atoms with Crippen LogP contribution in [-0.2, 0) is 0 Å². The van der Waals surface area contributed by atoms with Gasteiger partial charge in [0, 0.05) is 11.6 Å². The first kappa shape index (κ1) is 11.3. The lowest BCUT2D eigenvalue weighted by molar-refractivity contribution is 0.631. The van der Waals surface area contributed by atoms with E-state index in [1.54, 1.807) is 6.07 Å². The van der Waals surface area contributed by atoms with Gasteiger partial charge in [0.05, 0.1) is 5.02 Å². The Morgan fingerprint density at radius 3 is 2.56 bits per heavy atom. The Hall–Kier alpha value is -1.15. The van der Waals surface area contributed by atoms with Crippen LogP contribution in [0.1, 0.15) is 5.56 Å². The number of fused-ring (bicyclic) bond motifs is 1. The SMILES string of the molecule is N#Cc1c(Cl)nc2c(F)c(Cl)ncc2c1Cl. The monoisotopic (exact) mass is 275 g/mol. The molecular weight excluding hydrogens is 275 g/mol. The van der Waals surface area contributed by atoms with Crippen molar-refractivity contribution in [3.63, 3.8) is 0 Å². The summed E-state index contributed by atoms with van der Waals surface area (Å²) >= 11 is 17.0. The zero-order valence-electron chi connectivity index (χ0n) is 7.43. The van der Waals surface area contributed by atoms with Crippen LogP contribution in [-0.4, -0.2) is 9.97 Å². The molecule has 0 amide bonds. The number of aromatic nitrogens is 2. The first-order valence-corrected chi connectivity index (χ1v) is 5.08. The Balaban J connectivity index is 3.00. The number of halogens is 4. The molecule has 0 aliphatic heterocycles. The lowest BCUT2D eigenvalue weighted by Gasteiger charge is -2.04. The Kier molecular flexibility index (Phi) is 2.85. The van der Waals surface area contributed by atoms with Crippen molar-refractivity contribution < 1.29 is 4.39 Å². The molecule has 0 aliphatic carbocycles. The van der Waals surface area contributed by atoms with E-state index in [4.69, 9.17) is 40.1 Å². The molecule has 0 aliphatic rings. The molecule has 0 saturated carbocycles. The van der Waals surface area contributed by atoms with Crippen molar-refractivity contribution in [3.05, 3.63) is 32.9 Å². The van der Waals surface area contributed by atoms with E-state index in [-0.39, 0.29) is 31.8 Å². The summed E-state index contributed by atoms with van der Waals surface area (Å²) < 4.78 is 13.5. The maximum Gasteiger partial charge on any atom is 0.186 e. The fourth-order valence-electron chi connectivity index (χ4n) is 1.20. The molecule has 0 spiro atoms. The second kappa shape index (κ2) is 4.02. The predicted octanol–water partition coefficient (Wildman–Crippen LogP) is 3.60. The van der Waals surface area contributed by atoms with Crippen LogP contribution in [0, 0.1) is 17.1 Å². The molecule has 0 atom stereocenters. The first-order chi connectivity index (χ1) is 7.56. The first-order valence-electron chi connectivity index (χ1n) is 3.95. The average Bonchev–Trinajstić information content (AvgIpc) is 2.25. The molecule has 7 heteroatoms. The number of nitriles is 1. The van der Waals surface area contributed by atoms with Crippen molar-refractivity contribution in [2.75, 3.05) is 0 Å². The van der Waals surface area contributed by atoms with E-state index in [2.05, 4.69) is 9.97 Å². The van der Waals surface area contributed by atoms with Gasteiger partial charge in [0.1, 0.15) is 22.3 Å². The molecule has 0 radical (unpaired) electrons. The third kappa shape index (κ3) is 1.57. The molecule has 0 N–H and O–H groups in total. The van der Waals surface area contributed by atoms with Gasteiger partial charge in [0.15, 0.2) is 11.0 Å². The Morgan fingerprint density at radius 2 is 1.94 bits per heavy atom. The predicted molar refractivity (Wildman–Crippen MR) is 59.2 cm³/mol. The van der Waals surface area contributed by atoms with E-state index in [0.717, 1.165) is 0 Å². The molecule has 3 nitrogen and oxygen atoms in total. The van der Waals surface area contributed by atoms with Crippen LogP contribution < -0.4 is 0 Å². The molecule has 0 saturated heterocycles. The molecule has 2 aromatic rings. The molecule has 2 aromatic heterocycles. The second-order valence-electron chi connectivity index (χ2n) is 2.83. The minimum atomic E-state index is -0.813. The van der Waals surface area contributed by atoms with Crippen LogP contribution in [0.15, 0.2) is 6.20 Å². The third-order valence-electron chi connectivity index (χ3n) is 1.94. The smallest absolute Gasteiger partial charge is 0.186 e. The molecule has 0 aromatic carbocycles. The number of hydrogen-bond donors (Lipinski definition) is 0. The van der Waals surface area contributed by atoms with Gasteiger partial charge < -0.3 is 0 Å². The zero-order chi connectivity index (χ0) is 11.9. The fraction of sp³-hybridized carbons (Fsp3) is 0. The second-order valence-corrected chi connectivity index (χ2v) is 3.92. The van der Waals surface area contributed by atoms with Crippen LogP contribution in [0.5, 0.6) is 0 Å². The summed E-state index contributed by atoms with van der Waals surface area (Å²) in [6, 6.07) is 1.78. The van der Waals surface area contributed by atoms with Gasteiger partial charge in [-0.05, 0) is 0 Å². The molecule has 80 valence electrons. The molecule has 0 fully saturated rings. The van der Waals surface area contributed by atoms with Gasteiger partial charge in [-0.25, -0.2) is 14.4 Å². The Morgan fingerprint density at radius 1 is 1.25 bits per heavy atom. The van der Waals surface area contributed by atoms with Gasteiger partial charge in [0.25, 0.3) is 0 Å². The summed E-state index contributed by atoms with van der Waals surface area (Å²) in [5.74, 6) is -0.813. The third-order valence-corrected chi connectivity index (χ3v) is 2.86. The lowest BCUT2D eigenvalue weighted by Crippen LogP contribution is -1.93. The highest BCUT2D eigenvalue weighted by atomic mass is 35.5. The highest BCUT2D eigenvalue weighted by Gasteiger charge is 2.16. The summed E-state index contributed by atoms with van der Waals surface area (Å²) in [7, 11) is 0. The summed E-state index contributed by atoms with van der Waals surface area (Å²) in [6.07, 6.45) is 1.24. The van der Waals surface area contributed by atoms with Crippen molar-refractivity contribution in [2.24, 2.45) is 0 Å². The maximum atomic E-state index is 13.5. The molecule has 2 rings (SSSR count). The van der Waals surface area contributed by atoms with E-state index in [1.807, 2.05) is 0 Å². The standard InChI is InChI=1S/C9HCl3FN3/c10-5-3(1-14)8(11)16-7-4(5)2-15-9(12)6(7)13/h2H. The van der Waals surface area contributed by atoms with E-state index in [9.17, 15) is 4.39 Å². The van der Waals surface area contributed by atoms with Gasteiger partial charge in [-0.2, -0.15) is 5.26 Å². The van der Waals surface area contributed by atoms with Gasteiger partial charge in [0.2, 0.25) is 0 Å². The number of pyridine rings is 2. The molecular formula is C9HCl3FN3. The van der Waals surface area contributed by atoms with Gasteiger partial charge >= 0.3 is 0 Å². The summed E-state index contributed by atoms with van der Waals surface area (Å²) in [6.45, 7) is 0. The van der Waals surface area contributed by atoms with Crippen molar-refractivity contribution in [1.29, 1.82) is 5.26 Å². The summed E-state index contributed by atoms with van der Waals surface area (Å²) in [5, 5.41) is 8.51. The molecule has 2 heterocycles. The highest BCUT2D eigenvalue weighted by molar-refractivity contribution is 6.40. The number of hydrogen-bond acceptors (Lipinski definition) is 3. The van der Waals surface area contributed by atoms with Gasteiger partial charge in [-0.3, -0.25) is 0 Å². The van der Waals surface area contributed by atoms with Crippen molar-refractivity contribution >= 4 is 45.7 Å². The minimum Gasteiger partial charge on any atom is -0.241 e. The molecule has 16 heavy (non-hydrogen) atoms. The van der Waals surface area contributed by atoms with E-state index < -0.39 is 5.82 Å². The van der Waals surface area contributed by atoms with Crippen LogP contribution in [0.3, 0.4) is 0 Å². The highest BCUT2D eigenvalue weighted by Crippen LogP contribution is 2.32. The van der Waals surface area contributed by atoms with Crippen LogP contribution >= 0.6 is 34.8 Å². The van der Waals surface area contributed by atoms with E-state index >= 15 is 0 Å². The number of nitrogens with zero attached hydrogens (tertiary/aromatic N) is 3. The zero-order valence-corrected chi connectivity index (χ0v) is 9.70. The van der Waals surface area contributed by atoms with Crippen molar-refractivity contribution in [2.45, 2.75) is 0 Å². The van der Waals surface area contributed by atoms with E-state index in [0.29, 0.717) is 0 Å². The molecule has 0 unspecified atom stereocenters. The lowest BCUT2D eigenvalue weighted by atomic mass is 10.2. The normalized spacial score (nSPS) is 10.4. The molecule has 0 bridgehead atoms. The van der Waals surface area contributed by atoms with Gasteiger partial charge in [-0.15, -0.1) is 0 Å². The quantitative estimate of drug-likeness (QED) is 0.691. The Bertz CT molecular complexity index is 636. The average molecular weight is 276 g/mol. The van der Waals surface area contributed by atoms with Crippen LogP contribution in [0.25, 0.3) is 10.9 Å². The minimum absolute atomic E-state index is 0.0144. The van der Waals surface area contributed by atoms with E-state index in [1.165, 1.54) is 6.20 Å². The van der Waals surface area contributed by atoms with Crippen LogP contribution in [0.4, 0.5) is 4.39 Å². The maximum absolute atomic E-state index is 13.5. The topological polar surface area (TPSA) is 49.6 Å². The summed E-state index contributed by atoms with van der Waals surface area (Å²) in [4.78, 5) is 7.31. The fourth-order valence-corrected chi connectivity index (χ4v) is 1.88. The number of rotatable bonds is 0. The summed E-state index contributed by atoms with van der Waals surface area (Å²) in [5.41, 5.74) is -0.117. The Labute approximate surface area is 104 Å². The van der Waals surface area contributed by atoms with Crippen molar-refractivity contribution in [1.82, 2.24) is 9.97 Å². The van der Waals surface area contributed by atoms with Gasteiger partial charge in [-0.1, -0.05) is 34.8 Å². The van der Waals surface area contributed by atoms with Crippen LogP contribution in [0.2, 0.25) is 15.3 Å². The largest absolute Gasteiger partial charge is 0.241 e. The van der Waals surface area contributed by atoms with Crippen molar-refractivity contribution in [3.8, 4) is 6.07 Å².